The van der Waals surface area contributed by atoms with Gasteiger partial charge in [-0.25, -0.2) is 5.43 Å². The molecule has 5 heteroatoms. The second-order valence-corrected chi connectivity index (χ2v) is 5.78. The smallest absolute Gasteiger partial charge is 0.240 e. The summed E-state index contributed by atoms with van der Waals surface area (Å²) in [6.07, 6.45) is 4.20. The lowest BCUT2D eigenvalue weighted by atomic mass is 10.2. The predicted octanol–water partition coefficient (Wildman–Crippen LogP) is 4.49. The number of nitrogens with one attached hydrogen (secondary N) is 1. The first-order valence-electron chi connectivity index (χ1n) is 7.74. The van der Waals surface area contributed by atoms with Gasteiger partial charge in [-0.05, 0) is 56.9 Å². The van der Waals surface area contributed by atoms with Crippen LogP contribution in [0, 0.1) is 6.92 Å². The molecule has 0 fully saturated rings. The van der Waals surface area contributed by atoms with Gasteiger partial charge < -0.3 is 4.74 Å². The van der Waals surface area contributed by atoms with Crippen molar-refractivity contribution in [3.05, 3.63) is 28.8 Å². The Morgan fingerprint density at radius 3 is 2.77 bits per heavy atom. The van der Waals surface area contributed by atoms with Crippen LogP contribution in [0.4, 0.5) is 0 Å². The van der Waals surface area contributed by atoms with E-state index in [-0.39, 0.29) is 5.91 Å². The SMILES string of the molecule is CCCCC(C)=NNC(=O)CCCOc1ccc(Cl)cc1C. The Balaban J connectivity index is 2.22. The van der Waals surface area contributed by atoms with Crippen LogP contribution in [0.2, 0.25) is 5.02 Å². The Morgan fingerprint density at radius 2 is 2.09 bits per heavy atom. The zero-order valence-corrected chi connectivity index (χ0v) is 14.4. The van der Waals surface area contributed by atoms with Gasteiger partial charge in [0.05, 0.1) is 6.61 Å². The van der Waals surface area contributed by atoms with Crippen LogP contribution >= 0.6 is 11.6 Å². The maximum atomic E-state index is 11.7. The monoisotopic (exact) mass is 324 g/mol. The third kappa shape index (κ3) is 7.46. The Kier molecular flexibility index (Phi) is 8.60. The van der Waals surface area contributed by atoms with E-state index in [1.165, 1.54) is 0 Å². The number of carbonyl (C=O) groups is 1. The Morgan fingerprint density at radius 1 is 1.32 bits per heavy atom. The average molecular weight is 325 g/mol. The molecule has 0 unspecified atom stereocenters. The Hall–Kier alpha value is -1.55. The van der Waals surface area contributed by atoms with E-state index in [0.29, 0.717) is 24.5 Å². The van der Waals surface area contributed by atoms with Crippen LogP contribution in [0.1, 0.15) is 51.5 Å². The second-order valence-electron chi connectivity index (χ2n) is 5.35. The van der Waals surface area contributed by atoms with Crippen molar-refractivity contribution in [2.45, 2.75) is 52.9 Å². The van der Waals surface area contributed by atoms with E-state index < -0.39 is 0 Å². The number of unbranched alkanes of at least 4 members (excludes halogenated alkanes) is 1. The highest BCUT2D eigenvalue weighted by molar-refractivity contribution is 6.30. The lowest BCUT2D eigenvalue weighted by Gasteiger charge is -2.09. The summed E-state index contributed by atoms with van der Waals surface area (Å²) in [5.41, 5.74) is 4.54. The van der Waals surface area contributed by atoms with E-state index >= 15 is 0 Å². The van der Waals surface area contributed by atoms with Gasteiger partial charge in [0.1, 0.15) is 5.75 Å². The normalized spacial score (nSPS) is 11.4. The molecule has 0 aromatic heterocycles. The molecule has 0 saturated heterocycles. The number of hydrogen-bond donors (Lipinski definition) is 1. The van der Waals surface area contributed by atoms with Crippen molar-refractivity contribution in [2.75, 3.05) is 6.61 Å². The van der Waals surface area contributed by atoms with Crippen LogP contribution in [-0.2, 0) is 4.79 Å². The first-order valence-corrected chi connectivity index (χ1v) is 8.11. The topological polar surface area (TPSA) is 50.7 Å². The van der Waals surface area contributed by atoms with E-state index in [0.717, 1.165) is 36.3 Å². The van der Waals surface area contributed by atoms with Gasteiger partial charge in [0.25, 0.3) is 0 Å². The molecule has 0 aliphatic heterocycles. The molecule has 0 heterocycles. The van der Waals surface area contributed by atoms with Crippen molar-refractivity contribution < 1.29 is 9.53 Å². The maximum absolute atomic E-state index is 11.7. The first-order chi connectivity index (χ1) is 10.5. The van der Waals surface area contributed by atoms with Gasteiger partial charge in [0, 0.05) is 17.2 Å². The molecular formula is C17H25ClN2O2. The van der Waals surface area contributed by atoms with Crippen LogP contribution in [-0.4, -0.2) is 18.2 Å². The molecule has 122 valence electrons. The summed E-state index contributed by atoms with van der Waals surface area (Å²) in [5.74, 6) is 0.727. The van der Waals surface area contributed by atoms with E-state index in [1.54, 1.807) is 6.07 Å². The van der Waals surface area contributed by atoms with Crippen LogP contribution in [0.5, 0.6) is 5.75 Å². The molecule has 0 bridgehead atoms. The number of hydrazone groups is 1. The fourth-order valence-corrected chi connectivity index (χ4v) is 2.12. The van der Waals surface area contributed by atoms with Gasteiger partial charge >= 0.3 is 0 Å². The minimum absolute atomic E-state index is 0.0766. The van der Waals surface area contributed by atoms with E-state index in [9.17, 15) is 4.79 Å². The summed E-state index contributed by atoms with van der Waals surface area (Å²) in [5, 5.41) is 4.78. The van der Waals surface area contributed by atoms with Gasteiger partial charge in [-0.3, -0.25) is 4.79 Å². The molecule has 0 saturated carbocycles. The lowest BCUT2D eigenvalue weighted by molar-refractivity contribution is -0.121. The highest BCUT2D eigenvalue weighted by Crippen LogP contribution is 2.21. The van der Waals surface area contributed by atoms with Gasteiger partial charge in [-0.15, -0.1) is 0 Å². The fraction of sp³-hybridized carbons (Fsp3) is 0.529. The summed E-state index contributed by atoms with van der Waals surface area (Å²) in [7, 11) is 0. The van der Waals surface area contributed by atoms with E-state index in [2.05, 4.69) is 17.5 Å². The second kappa shape index (κ2) is 10.2. The quantitative estimate of drug-likeness (QED) is 0.413. The molecule has 0 atom stereocenters. The van der Waals surface area contributed by atoms with Gasteiger partial charge in [0.15, 0.2) is 0 Å². The summed E-state index contributed by atoms with van der Waals surface area (Å²) >= 11 is 5.89. The number of rotatable bonds is 9. The largest absolute Gasteiger partial charge is 0.493 e. The summed E-state index contributed by atoms with van der Waals surface area (Å²) in [6, 6.07) is 5.50. The lowest BCUT2D eigenvalue weighted by Crippen LogP contribution is -2.19. The number of nitrogens with zero attached hydrogens (tertiary/aromatic N) is 1. The molecule has 1 aromatic rings. The molecule has 1 amide bonds. The molecule has 22 heavy (non-hydrogen) atoms. The first kappa shape index (κ1) is 18.5. The highest BCUT2D eigenvalue weighted by Gasteiger charge is 2.03. The molecule has 0 spiro atoms. The van der Waals surface area contributed by atoms with E-state index in [4.69, 9.17) is 16.3 Å². The van der Waals surface area contributed by atoms with Crippen molar-refractivity contribution >= 4 is 23.2 Å². The highest BCUT2D eigenvalue weighted by atomic mass is 35.5. The van der Waals surface area contributed by atoms with Crippen LogP contribution in [0.15, 0.2) is 23.3 Å². The molecule has 4 nitrogen and oxygen atoms in total. The van der Waals surface area contributed by atoms with Crippen molar-refractivity contribution in [1.82, 2.24) is 5.43 Å². The maximum Gasteiger partial charge on any atom is 0.240 e. The standard InChI is InChI=1S/C17H25ClN2O2/c1-4-5-7-14(3)19-20-17(21)8-6-11-22-16-10-9-15(18)12-13(16)2/h9-10,12H,4-8,11H2,1-3H3,(H,20,21). The van der Waals surface area contributed by atoms with Gasteiger partial charge in [-0.2, -0.15) is 5.10 Å². The van der Waals surface area contributed by atoms with Crippen LogP contribution in [0.3, 0.4) is 0 Å². The average Bonchev–Trinajstić information content (AvgIpc) is 2.49. The molecule has 1 N–H and O–H groups in total. The molecule has 0 aliphatic carbocycles. The van der Waals surface area contributed by atoms with Crippen molar-refractivity contribution in [2.24, 2.45) is 5.10 Å². The molecule has 0 aliphatic rings. The molecular weight excluding hydrogens is 300 g/mol. The fourth-order valence-electron chi connectivity index (χ4n) is 1.89. The number of ether oxygens (including phenoxy) is 1. The number of benzene rings is 1. The van der Waals surface area contributed by atoms with E-state index in [1.807, 2.05) is 26.0 Å². The summed E-state index contributed by atoms with van der Waals surface area (Å²) in [4.78, 5) is 11.7. The number of halogens is 1. The summed E-state index contributed by atoms with van der Waals surface area (Å²) in [6.45, 7) is 6.51. The number of aryl methyl sites for hydroxylation is 1. The minimum Gasteiger partial charge on any atom is -0.493 e. The van der Waals surface area contributed by atoms with Crippen LogP contribution < -0.4 is 10.2 Å². The number of carbonyl (C=O) groups excluding carboxylic acids is 1. The zero-order chi connectivity index (χ0) is 16.4. The molecule has 1 rings (SSSR count). The predicted molar refractivity (Wildman–Crippen MR) is 91.7 cm³/mol. The third-order valence-corrected chi connectivity index (χ3v) is 3.44. The minimum atomic E-state index is -0.0766. The third-order valence-electron chi connectivity index (χ3n) is 3.21. The Labute approximate surface area is 137 Å². The van der Waals surface area contributed by atoms with Crippen LogP contribution in [0.25, 0.3) is 0 Å². The molecule has 0 radical (unpaired) electrons. The molecule has 1 aromatic carbocycles. The van der Waals surface area contributed by atoms with Crippen molar-refractivity contribution in [1.29, 1.82) is 0 Å². The van der Waals surface area contributed by atoms with Crippen molar-refractivity contribution in [3.8, 4) is 5.75 Å². The number of amides is 1. The summed E-state index contributed by atoms with van der Waals surface area (Å²) < 4.78 is 5.65. The van der Waals surface area contributed by atoms with Crippen molar-refractivity contribution in [3.63, 3.8) is 0 Å². The van der Waals surface area contributed by atoms with Gasteiger partial charge in [-0.1, -0.05) is 24.9 Å². The Bertz CT molecular complexity index is 515. The van der Waals surface area contributed by atoms with Gasteiger partial charge in [0.2, 0.25) is 5.91 Å². The number of hydrogen-bond acceptors (Lipinski definition) is 3. The zero-order valence-electron chi connectivity index (χ0n) is 13.6.